The Kier molecular flexibility index (Phi) is 5.45. The minimum atomic E-state index is -3.90. The molecular formula is C11H17FN2O3S2. The molecule has 0 saturated heterocycles. The zero-order chi connectivity index (χ0) is 14.6. The van der Waals surface area contributed by atoms with E-state index >= 15 is 0 Å². The maximum atomic E-state index is 13.6. The van der Waals surface area contributed by atoms with Crippen molar-refractivity contribution in [1.29, 1.82) is 0 Å². The van der Waals surface area contributed by atoms with Gasteiger partial charge in [-0.1, -0.05) is 6.92 Å². The number of nitrogens with two attached hydrogens (primary N) is 1. The van der Waals surface area contributed by atoms with Gasteiger partial charge < -0.3 is 5.32 Å². The molecular weight excluding hydrogens is 291 g/mol. The van der Waals surface area contributed by atoms with Gasteiger partial charge in [0.1, 0.15) is 5.82 Å². The van der Waals surface area contributed by atoms with E-state index < -0.39 is 26.6 Å². The van der Waals surface area contributed by atoms with Crippen LogP contribution in [0, 0.1) is 5.82 Å². The number of sulfonamides is 1. The molecule has 8 heteroatoms. The Morgan fingerprint density at radius 1 is 1.47 bits per heavy atom. The first-order valence-corrected chi connectivity index (χ1v) is 8.77. The standard InChI is InChI=1S/C11H17FN2O3S2/c1-8(18(2)15)5-6-14-11-4-3-9(7-10(11)12)19(13,16)17/h3-4,7-8,14H,5-6H2,1-2H3,(H2,13,16,17). The molecule has 0 aromatic heterocycles. The Balaban J connectivity index is 2.69. The molecule has 2 unspecified atom stereocenters. The van der Waals surface area contributed by atoms with Crippen molar-refractivity contribution in [2.75, 3.05) is 18.1 Å². The molecule has 0 radical (unpaired) electrons. The summed E-state index contributed by atoms with van der Waals surface area (Å²) in [5, 5.41) is 7.75. The number of rotatable bonds is 6. The number of benzene rings is 1. The molecule has 0 spiro atoms. The molecule has 0 amide bonds. The highest BCUT2D eigenvalue weighted by Crippen LogP contribution is 2.18. The van der Waals surface area contributed by atoms with Crippen LogP contribution in [0.5, 0.6) is 0 Å². The average Bonchev–Trinajstić information content (AvgIpc) is 2.29. The van der Waals surface area contributed by atoms with Crippen molar-refractivity contribution in [2.24, 2.45) is 5.14 Å². The Morgan fingerprint density at radius 3 is 2.58 bits per heavy atom. The van der Waals surface area contributed by atoms with Crippen molar-refractivity contribution in [2.45, 2.75) is 23.5 Å². The van der Waals surface area contributed by atoms with Crippen LogP contribution in [0.25, 0.3) is 0 Å². The Labute approximate surface area is 114 Å². The molecule has 0 heterocycles. The van der Waals surface area contributed by atoms with E-state index in [-0.39, 0.29) is 15.8 Å². The summed E-state index contributed by atoms with van der Waals surface area (Å²) < 4.78 is 46.8. The largest absolute Gasteiger partial charge is 0.383 e. The van der Waals surface area contributed by atoms with Gasteiger partial charge in [-0.2, -0.15) is 0 Å². The number of hydrogen-bond acceptors (Lipinski definition) is 4. The van der Waals surface area contributed by atoms with Crippen molar-refractivity contribution in [1.82, 2.24) is 0 Å². The summed E-state index contributed by atoms with van der Waals surface area (Å²) in [4.78, 5) is -0.265. The topological polar surface area (TPSA) is 89.3 Å². The van der Waals surface area contributed by atoms with E-state index in [0.29, 0.717) is 13.0 Å². The highest BCUT2D eigenvalue weighted by Gasteiger charge is 2.12. The lowest BCUT2D eigenvalue weighted by atomic mass is 10.3. The van der Waals surface area contributed by atoms with Crippen LogP contribution in [0.1, 0.15) is 13.3 Å². The predicted molar refractivity (Wildman–Crippen MR) is 74.4 cm³/mol. The van der Waals surface area contributed by atoms with Crippen LogP contribution in [0.3, 0.4) is 0 Å². The van der Waals surface area contributed by atoms with Crippen LogP contribution in [-0.4, -0.2) is 30.7 Å². The van der Waals surface area contributed by atoms with E-state index in [2.05, 4.69) is 5.32 Å². The first-order valence-electron chi connectivity index (χ1n) is 5.60. The first-order chi connectivity index (χ1) is 8.71. The fraction of sp³-hybridized carbons (Fsp3) is 0.455. The van der Waals surface area contributed by atoms with Crippen LogP contribution >= 0.6 is 0 Å². The maximum absolute atomic E-state index is 13.6. The third kappa shape index (κ3) is 4.88. The van der Waals surface area contributed by atoms with Crippen LogP contribution in [0.15, 0.2) is 23.1 Å². The first kappa shape index (κ1) is 16.1. The van der Waals surface area contributed by atoms with Crippen LogP contribution in [-0.2, 0) is 20.8 Å². The third-order valence-corrected chi connectivity index (χ3v) is 4.98. The molecule has 0 aliphatic rings. The van der Waals surface area contributed by atoms with Gasteiger partial charge in [-0.3, -0.25) is 4.21 Å². The predicted octanol–water partition coefficient (Wildman–Crippen LogP) is 1.04. The number of nitrogens with one attached hydrogen (secondary N) is 1. The smallest absolute Gasteiger partial charge is 0.238 e. The van der Waals surface area contributed by atoms with Crippen molar-refractivity contribution in [3.8, 4) is 0 Å². The summed E-state index contributed by atoms with van der Waals surface area (Å²) in [5.41, 5.74) is 0.196. The maximum Gasteiger partial charge on any atom is 0.238 e. The van der Waals surface area contributed by atoms with Gasteiger partial charge in [0, 0.05) is 28.9 Å². The van der Waals surface area contributed by atoms with Gasteiger partial charge in [0.2, 0.25) is 10.0 Å². The molecule has 1 rings (SSSR count). The van der Waals surface area contributed by atoms with Gasteiger partial charge in [-0.15, -0.1) is 0 Å². The van der Waals surface area contributed by atoms with Crippen molar-refractivity contribution in [3.63, 3.8) is 0 Å². The molecule has 5 nitrogen and oxygen atoms in total. The second-order valence-electron chi connectivity index (χ2n) is 4.21. The van der Waals surface area contributed by atoms with Gasteiger partial charge in [-0.05, 0) is 24.6 Å². The summed E-state index contributed by atoms with van der Waals surface area (Å²) in [6.45, 7) is 2.30. The van der Waals surface area contributed by atoms with Gasteiger partial charge >= 0.3 is 0 Å². The molecule has 108 valence electrons. The summed E-state index contributed by atoms with van der Waals surface area (Å²) in [7, 11) is -4.81. The molecule has 19 heavy (non-hydrogen) atoms. The fourth-order valence-electron chi connectivity index (χ4n) is 1.39. The molecule has 0 bridgehead atoms. The van der Waals surface area contributed by atoms with Gasteiger partial charge in [-0.25, -0.2) is 17.9 Å². The lowest BCUT2D eigenvalue weighted by Crippen LogP contribution is -2.16. The molecule has 0 saturated carbocycles. The SMILES string of the molecule is CC(CCNc1ccc(S(N)(=O)=O)cc1F)S(C)=O. The summed E-state index contributed by atoms with van der Waals surface area (Å²) >= 11 is 0. The Hall–Kier alpha value is -0.990. The van der Waals surface area contributed by atoms with Crippen LogP contribution in [0.4, 0.5) is 10.1 Å². The minimum absolute atomic E-state index is 0.0132. The molecule has 2 atom stereocenters. The second kappa shape index (κ2) is 6.44. The zero-order valence-electron chi connectivity index (χ0n) is 10.7. The fourth-order valence-corrected chi connectivity index (χ4v) is 2.37. The van der Waals surface area contributed by atoms with E-state index in [4.69, 9.17) is 5.14 Å². The van der Waals surface area contributed by atoms with Crippen LogP contribution in [0.2, 0.25) is 0 Å². The van der Waals surface area contributed by atoms with Crippen molar-refractivity contribution >= 4 is 26.5 Å². The summed E-state index contributed by atoms with van der Waals surface area (Å²) in [6, 6.07) is 3.43. The molecule has 0 aliphatic heterocycles. The average molecular weight is 308 g/mol. The number of hydrogen-bond donors (Lipinski definition) is 2. The monoisotopic (exact) mass is 308 g/mol. The molecule has 1 aromatic rings. The zero-order valence-corrected chi connectivity index (χ0v) is 12.4. The van der Waals surface area contributed by atoms with Gasteiger partial charge in [0.25, 0.3) is 0 Å². The molecule has 3 N–H and O–H groups in total. The highest BCUT2D eigenvalue weighted by molar-refractivity contribution is 7.89. The quantitative estimate of drug-likeness (QED) is 0.822. The lowest BCUT2D eigenvalue weighted by Gasteiger charge is -2.11. The number of anilines is 1. The van der Waals surface area contributed by atoms with E-state index in [1.807, 2.05) is 6.92 Å². The normalized spacial score (nSPS) is 14.9. The molecule has 0 fully saturated rings. The van der Waals surface area contributed by atoms with Crippen molar-refractivity contribution in [3.05, 3.63) is 24.0 Å². The summed E-state index contributed by atoms with van der Waals surface area (Å²) in [5.74, 6) is -0.684. The third-order valence-electron chi connectivity index (χ3n) is 2.70. The highest BCUT2D eigenvalue weighted by atomic mass is 32.2. The van der Waals surface area contributed by atoms with Gasteiger partial charge in [0.15, 0.2) is 0 Å². The minimum Gasteiger partial charge on any atom is -0.383 e. The number of halogens is 1. The van der Waals surface area contributed by atoms with E-state index in [0.717, 1.165) is 6.07 Å². The Morgan fingerprint density at radius 2 is 2.11 bits per heavy atom. The summed E-state index contributed by atoms with van der Waals surface area (Å²) in [6.07, 6.45) is 2.24. The van der Waals surface area contributed by atoms with E-state index in [9.17, 15) is 17.0 Å². The van der Waals surface area contributed by atoms with E-state index in [1.54, 1.807) is 6.26 Å². The molecule has 1 aromatic carbocycles. The number of primary sulfonamides is 1. The van der Waals surface area contributed by atoms with Crippen molar-refractivity contribution < 1.29 is 17.0 Å². The van der Waals surface area contributed by atoms with E-state index in [1.165, 1.54) is 12.1 Å². The molecule has 0 aliphatic carbocycles. The van der Waals surface area contributed by atoms with Crippen LogP contribution < -0.4 is 10.5 Å². The Bertz CT molecular complexity index is 575. The second-order valence-corrected chi connectivity index (χ2v) is 7.57. The van der Waals surface area contributed by atoms with Gasteiger partial charge in [0.05, 0.1) is 10.6 Å². The lowest BCUT2D eigenvalue weighted by molar-refractivity contribution is 0.592.